The van der Waals surface area contributed by atoms with E-state index in [-0.39, 0.29) is 0 Å². The summed E-state index contributed by atoms with van der Waals surface area (Å²) in [5.41, 5.74) is 2.64. The zero-order valence-corrected chi connectivity index (χ0v) is 15.5. The Morgan fingerprint density at radius 3 is 2.46 bits per heavy atom. The second kappa shape index (κ2) is 8.32. The number of likely N-dealkylation sites (tertiary alicyclic amines) is 1. The van der Waals surface area contributed by atoms with E-state index in [1.807, 2.05) is 0 Å². The van der Waals surface area contributed by atoms with Gasteiger partial charge in [-0.05, 0) is 56.9 Å². The molecular weight excluding hydrogens is 300 g/mol. The second-order valence-corrected chi connectivity index (χ2v) is 7.36. The smallest absolute Gasteiger partial charge is 0.120 e. The molecule has 1 aromatic rings. The summed E-state index contributed by atoms with van der Waals surface area (Å²) in [4.78, 5) is 5.15. The van der Waals surface area contributed by atoms with Crippen LogP contribution in [0.4, 0.5) is 0 Å². The highest BCUT2D eigenvalue weighted by Crippen LogP contribution is 2.22. The Morgan fingerprint density at radius 1 is 1.08 bits per heavy atom. The lowest BCUT2D eigenvalue weighted by atomic mass is 10.0. The van der Waals surface area contributed by atoms with Gasteiger partial charge in [0.15, 0.2) is 0 Å². The van der Waals surface area contributed by atoms with Gasteiger partial charge in [-0.2, -0.15) is 0 Å². The van der Waals surface area contributed by atoms with Crippen LogP contribution in [-0.4, -0.2) is 67.9 Å². The number of benzene rings is 1. The van der Waals surface area contributed by atoms with Gasteiger partial charge >= 0.3 is 0 Å². The Morgan fingerprint density at radius 2 is 1.79 bits per heavy atom. The van der Waals surface area contributed by atoms with Gasteiger partial charge in [-0.1, -0.05) is 6.07 Å². The van der Waals surface area contributed by atoms with Crippen LogP contribution < -0.4 is 4.74 Å². The topological polar surface area (TPSA) is 24.9 Å². The normalized spacial score (nSPS) is 22.5. The zero-order chi connectivity index (χ0) is 16.9. The molecule has 0 N–H and O–H groups in total. The SMILES string of the molecule is Cc1ccc(OC2CCN([C@H](C)CN3CCOCC3)CC2)cc1C. The molecule has 2 saturated heterocycles. The van der Waals surface area contributed by atoms with Crippen LogP contribution in [0.3, 0.4) is 0 Å². The van der Waals surface area contributed by atoms with Crippen molar-refractivity contribution in [3.8, 4) is 5.75 Å². The molecule has 3 rings (SSSR count). The highest BCUT2D eigenvalue weighted by atomic mass is 16.5. The first-order chi connectivity index (χ1) is 11.6. The first-order valence-corrected chi connectivity index (χ1v) is 9.40. The largest absolute Gasteiger partial charge is 0.490 e. The third-order valence-electron chi connectivity index (χ3n) is 5.51. The van der Waals surface area contributed by atoms with Crippen LogP contribution >= 0.6 is 0 Å². The molecule has 0 spiro atoms. The summed E-state index contributed by atoms with van der Waals surface area (Å²) in [6.07, 6.45) is 2.61. The number of hydrogen-bond acceptors (Lipinski definition) is 4. The molecule has 0 aliphatic carbocycles. The van der Waals surface area contributed by atoms with Gasteiger partial charge in [0.2, 0.25) is 0 Å². The summed E-state index contributed by atoms with van der Waals surface area (Å²) in [6, 6.07) is 7.05. The molecule has 0 bridgehead atoms. The molecule has 0 saturated carbocycles. The average molecular weight is 332 g/mol. The van der Waals surface area contributed by atoms with Crippen molar-refractivity contribution >= 4 is 0 Å². The van der Waals surface area contributed by atoms with Crippen molar-refractivity contribution in [2.45, 2.75) is 45.8 Å². The number of aryl methyl sites for hydroxylation is 2. The monoisotopic (exact) mass is 332 g/mol. The van der Waals surface area contributed by atoms with Gasteiger partial charge in [0, 0.05) is 38.8 Å². The number of ether oxygens (including phenoxy) is 2. The van der Waals surface area contributed by atoms with E-state index >= 15 is 0 Å². The molecule has 4 nitrogen and oxygen atoms in total. The minimum absolute atomic E-state index is 0.360. The standard InChI is InChI=1S/C20H32N2O2/c1-16-4-5-20(14-17(16)2)24-19-6-8-22(9-7-19)18(3)15-21-10-12-23-13-11-21/h4-5,14,18-19H,6-13,15H2,1-3H3/t18-/m1/s1. The van der Waals surface area contributed by atoms with Crippen molar-refractivity contribution in [2.75, 3.05) is 45.9 Å². The van der Waals surface area contributed by atoms with Crippen molar-refractivity contribution in [2.24, 2.45) is 0 Å². The van der Waals surface area contributed by atoms with E-state index in [0.29, 0.717) is 12.1 Å². The lowest BCUT2D eigenvalue weighted by Gasteiger charge is -2.38. The minimum atomic E-state index is 0.360. The minimum Gasteiger partial charge on any atom is -0.490 e. The maximum atomic E-state index is 6.22. The van der Waals surface area contributed by atoms with E-state index in [4.69, 9.17) is 9.47 Å². The molecule has 0 unspecified atom stereocenters. The second-order valence-electron chi connectivity index (χ2n) is 7.36. The van der Waals surface area contributed by atoms with E-state index < -0.39 is 0 Å². The predicted octanol–water partition coefficient (Wildman–Crippen LogP) is 2.87. The summed E-state index contributed by atoms with van der Waals surface area (Å²) < 4.78 is 11.7. The predicted molar refractivity (Wildman–Crippen MR) is 97.9 cm³/mol. The van der Waals surface area contributed by atoms with Crippen molar-refractivity contribution in [3.05, 3.63) is 29.3 Å². The molecule has 2 aliphatic heterocycles. The van der Waals surface area contributed by atoms with Crippen molar-refractivity contribution in [3.63, 3.8) is 0 Å². The molecule has 0 aromatic heterocycles. The fraction of sp³-hybridized carbons (Fsp3) is 0.700. The number of piperidine rings is 1. The van der Waals surface area contributed by atoms with E-state index in [9.17, 15) is 0 Å². The van der Waals surface area contributed by atoms with Gasteiger partial charge in [0.25, 0.3) is 0 Å². The molecule has 1 aromatic carbocycles. The first-order valence-electron chi connectivity index (χ1n) is 9.40. The fourth-order valence-electron chi connectivity index (χ4n) is 3.69. The molecule has 2 aliphatic rings. The maximum absolute atomic E-state index is 6.22. The summed E-state index contributed by atoms with van der Waals surface area (Å²) in [6.45, 7) is 14.0. The molecule has 2 fully saturated rings. The Hall–Kier alpha value is -1.10. The fourth-order valence-corrected chi connectivity index (χ4v) is 3.69. The molecule has 4 heteroatoms. The number of hydrogen-bond donors (Lipinski definition) is 0. The average Bonchev–Trinajstić information content (AvgIpc) is 2.60. The molecule has 2 heterocycles. The van der Waals surface area contributed by atoms with Crippen LogP contribution in [0.15, 0.2) is 18.2 Å². The van der Waals surface area contributed by atoms with Crippen molar-refractivity contribution in [1.82, 2.24) is 9.80 Å². The molecule has 134 valence electrons. The van der Waals surface area contributed by atoms with Crippen LogP contribution in [0.1, 0.15) is 30.9 Å². The third kappa shape index (κ3) is 4.71. The van der Waals surface area contributed by atoms with Gasteiger partial charge in [0.05, 0.1) is 13.2 Å². The lowest BCUT2D eigenvalue weighted by molar-refractivity contribution is 0.0159. The van der Waals surface area contributed by atoms with Gasteiger partial charge in [-0.25, -0.2) is 0 Å². The molecule has 0 amide bonds. The van der Waals surface area contributed by atoms with Crippen molar-refractivity contribution < 1.29 is 9.47 Å². The third-order valence-corrected chi connectivity index (χ3v) is 5.51. The number of rotatable bonds is 5. The van der Waals surface area contributed by atoms with Crippen LogP contribution in [-0.2, 0) is 4.74 Å². The van der Waals surface area contributed by atoms with Crippen LogP contribution in [0.2, 0.25) is 0 Å². The van der Waals surface area contributed by atoms with E-state index in [0.717, 1.165) is 64.5 Å². The summed E-state index contributed by atoms with van der Waals surface area (Å²) in [7, 11) is 0. The van der Waals surface area contributed by atoms with Crippen LogP contribution in [0, 0.1) is 13.8 Å². The number of morpholine rings is 1. The quantitative estimate of drug-likeness (QED) is 0.828. The molecule has 1 atom stereocenters. The summed E-state index contributed by atoms with van der Waals surface area (Å²) in [5.74, 6) is 1.03. The summed E-state index contributed by atoms with van der Waals surface area (Å²) >= 11 is 0. The van der Waals surface area contributed by atoms with Gasteiger partial charge in [-0.3, -0.25) is 9.80 Å². The van der Waals surface area contributed by atoms with Gasteiger partial charge in [-0.15, -0.1) is 0 Å². The maximum Gasteiger partial charge on any atom is 0.120 e. The highest BCUT2D eigenvalue weighted by Gasteiger charge is 2.25. The summed E-state index contributed by atoms with van der Waals surface area (Å²) in [5, 5.41) is 0. The lowest BCUT2D eigenvalue weighted by Crippen LogP contribution is -2.49. The van der Waals surface area contributed by atoms with Crippen LogP contribution in [0.5, 0.6) is 5.75 Å². The van der Waals surface area contributed by atoms with E-state index in [2.05, 4.69) is 48.8 Å². The van der Waals surface area contributed by atoms with E-state index in [1.165, 1.54) is 11.1 Å². The van der Waals surface area contributed by atoms with Crippen molar-refractivity contribution in [1.29, 1.82) is 0 Å². The van der Waals surface area contributed by atoms with Crippen LogP contribution in [0.25, 0.3) is 0 Å². The van der Waals surface area contributed by atoms with Gasteiger partial charge in [0.1, 0.15) is 11.9 Å². The number of nitrogens with zero attached hydrogens (tertiary/aromatic N) is 2. The molecule has 24 heavy (non-hydrogen) atoms. The zero-order valence-electron chi connectivity index (χ0n) is 15.5. The Bertz CT molecular complexity index is 520. The Balaban J connectivity index is 1.43. The van der Waals surface area contributed by atoms with Gasteiger partial charge < -0.3 is 9.47 Å². The van der Waals surface area contributed by atoms with E-state index in [1.54, 1.807) is 0 Å². The highest BCUT2D eigenvalue weighted by molar-refractivity contribution is 5.33. The Labute approximate surface area is 146 Å². The molecule has 0 radical (unpaired) electrons. The molecular formula is C20H32N2O2. The Kier molecular flexibility index (Phi) is 6.14. The first kappa shape index (κ1) is 17.7.